The zero-order valence-corrected chi connectivity index (χ0v) is 13.4. The largest absolute Gasteiger partial charge is 0.491 e. The van der Waals surface area contributed by atoms with Gasteiger partial charge >= 0.3 is 5.97 Å². The smallest absolute Gasteiger partial charge is 0.310 e. The van der Waals surface area contributed by atoms with Gasteiger partial charge < -0.3 is 18.9 Å². The summed E-state index contributed by atoms with van der Waals surface area (Å²) in [7, 11) is 3.15. The van der Waals surface area contributed by atoms with E-state index in [0.717, 1.165) is 5.56 Å². The van der Waals surface area contributed by atoms with Crippen molar-refractivity contribution >= 4 is 17.6 Å². The predicted molar refractivity (Wildman–Crippen MR) is 80.1 cm³/mol. The minimum atomic E-state index is -0.366. The van der Waals surface area contributed by atoms with Crippen LogP contribution in [0.25, 0.3) is 0 Å². The van der Waals surface area contributed by atoms with Crippen molar-refractivity contribution in [2.75, 3.05) is 40.6 Å². The molecule has 0 N–H and O–H groups in total. The van der Waals surface area contributed by atoms with Crippen LogP contribution >= 0.6 is 11.6 Å². The van der Waals surface area contributed by atoms with E-state index in [2.05, 4.69) is 0 Å². The summed E-state index contributed by atoms with van der Waals surface area (Å²) in [6, 6.07) is 3.64. The molecule has 1 aromatic carbocycles. The van der Waals surface area contributed by atoms with Gasteiger partial charge in [0.05, 0.1) is 19.6 Å². The van der Waals surface area contributed by atoms with E-state index in [-0.39, 0.29) is 19.0 Å². The van der Waals surface area contributed by atoms with Crippen molar-refractivity contribution in [3.63, 3.8) is 0 Å². The molecule has 0 unspecified atom stereocenters. The van der Waals surface area contributed by atoms with Gasteiger partial charge in [0, 0.05) is 24.8 Å². The summed E-state index contributed by atoms with van der Waals surface area (Å²) in [6.07, 6.45) is 0.0607. The zero-order valence-electron chi connectivity index (χ0n) is 12.6. The zero-order chi connectivity index (χ0) is 15.7. The van der Waals surface area contributed by atoms with Gasteiger partial charge in [0.25, 0.3) is 0 Å². The highest BCUT2D eigenvalue weighted by Crippen LogP contribution is 2.29. The second kappa shape index (κ2) is 9.60. The molecule has 0 aromatic heterocycles. The molecule has 118 valence electrons. The highest BCUT2D eigenvalue weighted by Gasteiger charge is 2.15. The van der Waals surface area contributed by atoms with Gasteiger partial charge in [0.15, 0.2) is 0 Å². The first kappa shape index (κ1) is 17.8. The lowest BCUT2D eigenvalue weighted by Gasteiger charge is -2.14. The third kappa shape index (κ3) is 6.33. The summed E-state index contributed by atoms with van der Waals surface area (Å²) in [5, 5.41) is 0.492. The molecule has 0 saturated heterocycles. The lowest BCUT2D eigenvalue weighted by atomic mass is 10.1. The monoisotopic (exact) mass is 316 g/mol. The normalized spacial score (nSPS) is 10.5. The van der Waals surface area contributed by atoms with Gasteiger partial charge in [0.1, 0.15) is 19.0 Å². The van der Waals surface area contributed by atoms with Crippen LogP contribution in [0.3, 0.4) is 0 Å². The van der Waals surface area contributed by atoms with Crippen LogP contribution in [0.1, 0.15) is 11.1 Å². The van der Waals surface area contributed by atoms with Gasteiger partial charge in [-0.2, -0.15) is 0 Å². The molecule has 0 aliphatic heterocycles. The molecule has 0 bridgehead atoms. The molecule has 6 heteroatoms. The van der Waals surface area contributed by atoms with Crippen molar-refractivity contribution in [2.24, 2.45) is 0 Å². The number of hydrogen-bond acceptors (Lipinski definition) is 5. The third-order valence-corrected chi connectivity index (χ3v) is 3.05. The number of benzene rings is 1. The van der Waals surface area contributed by atoms with Gasteiger partial charge in [0.2, 0.25) is 0 Å². The number of methoxy groups -OCH3 is 2. The number of carbonyl (C=O) groups is 1. The molecule has 0 aliphatic rings. The summed E-state index contributed by atoms with van der Waals surface area (Å²) in [4.78, 5) is 11.8. The van der Waals surface area contributed by atoms with E-state index in [9.17, 15) is 4.79 Å². The lowest BCUT2D eigenvalue weighted by Crippen LogP contribution is -2.14. The van der Waals surface area contributed by atoms with E-state index in [1.54, 1.807) is 20.3 Å². The molecule has 0 radical (unpaired) electrons. The number of ether oxygens (including phenoxy) is 4. The van der Waals surface area contributed by atoms with Crippen LogP contribution in [0, 0.1) is 6.92 Å². The van der Waals surface area contributed by atoms with E-state index in [0.29, 0.717) is 36.2 Å². The Kier molecular flexibility index (Phi) is 8.12. The fourth-order valence-corrected chi connectivity index (χ4v) is 2.04. The molecular weight excluding hydrogens is 296 g/mol. The molecule has 0 aliphatic carbocycles. The number of halogens is 1. The minimum absolute atomic E-state index is 0.0607. The van der Waals surface area contributed by atoms with Crippen LogP contribution in [-0.2, 0) is 25.4 Å². The number of esters is 1. The van der Waals surface area contributed by atoms with Crippen LogP contribution in [0.4, 0.5) is 0 Å². The summed E-state index contributed by atoms with van der Waals surface area (Å²) in [5.41, 5.74) is 1.59. The van der Waals surface area contributed by atoms with Crippen LogP contribution < -0.4 is 4.74 Å². The first-order valence-electron chi connectivity index (χ1n) is 6.63. The summed E-state index contributed by atoms with van der Waals surface area (Å²) >= 11 is 6.21. The first-order chi connectivity index (χ1) is 10.1. The van der Waals surface area contributed by atoms with Crippen molar-refractivity contribution < 1.29 is 23.7 Å². The molecule has 0 fully saturated rings. The molecule has 1 aromatic rings. The van der Waals surface area contributed by atoms with Gasteiger partial charge in [-0.15, -0.1) is 0 Å². The predicted octanol–water partition coefficient (Wildman–Crippen LogP) is 2.41. The number of aryl methyl sites for hydroxylation is 1. The Labute approximate surface area is 130 Å². The van der Waals surface area contributed by atoms with E-state index in [1.165, 1.54) is 0 Å². The molecule has 5 nitrogen and oxygen atoms in total. The Bertz CT molecular complexity index is 462. The van der Waals surface area contributed by atoms with Crippen molar-refractivity contribution in [3.05, 3.63) is 28.3 Å². The van der Waals surface area contributed by atoms with Crippen molar-refractivity contribution in [1.82, 2.24) is 0 Å². The average molecular weight is 317 g/mol. The van der Waals surface area contributed by atoms with Gasteiger partial charge in [-0.25, -0.2) is 0 Å². The van der Waals surface area contributed by atoms with E-state index < -0.39 is 0 Å². The Balaban J connectivity index is 2.76. The minimum Gasteiger partial charge on any atom is -0.491 e. The van der Waals surface area contributed by atoms with Crippen LogP contribution in [0.5, 0.6) is 5.75 Å². The summed E-state index contributed by atoms with van der Waals surface area (Å²) < 4.78 is 20.4. The van der Waals surface area contributed by atoms with E-state index in [4.69, 9.17) is 30.5 Å². The lowest BCUT2D eigenvalue weighted by molar-refractivity contribution is -0.144. The standard InChI is InChI=1S/C15H21ClO5/c1-11-8-13(16)12(10-15(17)21-7-5-19-3)14(9-11)20-6-4-18-2/h8-9H,4-7,10H2,1-3H3. The highest BCUT2D eigenvalue weighted by molar-refractivity contribution is 6.31. The average Bonchev–Trinajstić information content (AvgIpc) is 2.43. The fourth-order valence-electron chi connectivity index (χ4n) is 1.71. The Morgan fingerprint density at radius 3 is 2.43 bits per heavy atom. The van der Waals surface area contributed by atoms with Crippen LogP contribution in [-0.4, -0.2) is 46.6 Å². The maximum absolute atomic E-state index is 11.8. The first-order valence-corrected chi connectivity index (χ1v) is 7.01. The maximum Gasteiger partial charge on any atom is 0.310 e. The number of carbonyl (C=O) groups excluding carboxylic acids is 1. The maximum atomic E-state index is 11.8. The van der Waals surface area contributed by atoms with Gasteiger partial charge in [-0.05, 0) is 24.6 Å². The molecule has 0 amide bonds. The second-order valence-corrected chi connectivity index (χ2v) is 4.86. The SMILES string of the molecule is COCCOC(=O)Cc1c(Cl)cc(C)cc1OCCOC. The molecular formula is C15H21ClO5. The Morgan fingerprint density at radius 1 is 1.10 bits per heavy atom. The second-order valence-electron chi connectivity index (χ2n) is 4.45. The molecule has 0 spiro atoms. The number of rotatable bonds is 9. The topological polar surface area (TPSA) is 54.0 Å². The molecule has 1 rings (SSSR count). The third-order valence-electron chi connectivity index (χ3n) is 2.72. The molecule has 0 atom stereocenters. The molecule has 0 heterocycles. The van der Waals surface area contributed by atoms with E-state index >= 15 is 0 Å². The molecule has 21 heavy (non-hydrogen) atoms. The molecule has 0 saturated carbocycles. The number of hydrogen-bond donors (Lipinski definition) is 0. The van der Waals surface area contributed by atoms with Crippen LogP contribution in [0.2, 0.25) is 5.02 Å². The highest BCUT2D eigenvalue weighted by atomic mass is 35.5. The quantitative estimate of drug-likeness (QED) is 0.517. The summed E-state index contributed by atoms with van der Waals surface area (Å²) in [5.74, 6) is 0.218. The fraction of sp³-hybridized carbons (Fsp3) is 0.533. The van der Waals surface area contributed by atoms with Crippen molar-refractivity contribution in [1.29, 1.82) is 0 Å². The van der Waals surface area contributed by atoms with Crippen molar-refractivity contribution in [2.45, 2.75) is 13.3 Å². The summed E-state index contributed by atoms with van der Waals surface area (Å²) in [6.45, 7) is 3.35. The van der Waals surface area contributed by atoms with E-state index in [1.807, 2.05) is 13.0 Å². The van der Waals surface area contributed by atoms with Gasteiger partial charge in [-0.3, -0.25) is 4.79 Å². The van der Waals surface area contributed by atoms with Crippen LogP contribution in [0.15, 0.2) is 12.1 Å². The Hall–Kier alpha value is -1.30. The Morgan fingerprint density at radius 2 is 1.76 bits per heavy atom. The van der Waals surface area contributed by atoms with Gasteiger partial charge in [-0.1, -0.05) is 11.6 Å². The van der Waals surface area contributed by atoms with Crippen molar-refractivity contribution in [3.8, 4) is 5.75 Å².